The quantitative estimate of drug-likeness (QED) is 0.781. The van der Waals surface area contributed by atoms with Crippen molar-refractivity contribution in [2.75, 3.05) is 58.6 Å². The zero-order valence-electron chi connectivity index (χ0n) is 17.3. The fraction of sp³-hybridized carbons (Fsp3) is 0.409. The van der Waals surface area contributed by atoms with Gasteiger partial charge in [0.25, 0.3) is 0 Å². The van der Waals surface area contributed by atoms with Gasteiger partial charge in [0.1, 0.15) is 5.75 Å². The molecule has 2 heterocycles. The minimum Gasteiger partial charge on any atom is -0.497 e. The number of carbonyl (C=O) groups excluding carboxylic acids is 1. The van der Waals surface area contributed by atoms with Crippen LogP contribution in [-0.4, -0.2) is 64.7 Å². The maximum Gasteiger partial charge on any atom is 0.406 e. The number of rotatable bonds is 6. The molecule has 2 aliphatic rings. The first-order chi connectivity index (χ1) is 14.7. The SMILES string of the molecule is COC(=O)NC[C@H](c1ccc2c(c1)OCO2)N1CCN(c2ccc(OC)cc2)CC1. The Labute approximate surface area is 176 Å². The number of benzene rings is 2. The van der Waals surface area contributed by atoms with Crippen LogP contribution in [0.3, 0.4) is 0 Å². The molecule has 8 nitrogen and oxygen atoms in total. The van der Waals surface area contributed by atoms with Crippen LogP contribution in [0.4, 0.5) is 10.5 Å². The summed E-state index contributed by atoms with van der Waals surface area (Å²) in [7, 11) is 3.05. The van der Waals surface area contributed by atoms with Crippen LogP contribution in [-0.2, 0) is 4.74 Å². The second-order valence-corrected chi connectivity index (χ2v) is 7.22. The highest BCUT2D eigenvalue weighted by Gasteiger charge is 2.27. The summed E-state index contributed by atoms with van der Waals surface area (Å²) in [5.74, 6) is 2.35. The van der Waals surface area contributed by atoms with Crippen molar-refractivity contribution < 1.29 is 23.7 Å². The molecule has 2 aliphatic heterocycles. The molecule has 2 aromatic carbocycles. The summed E-state index contributed by atoms with van der Waals surface area (Å²) in [6.45, 7) is 4.22. The van der Waals surface area contributed by atoms with E-state index in [1.165, 1.54) is 12.8 Å². The minimum absolute atomic E-state index is 0.0108. The molecule has 0 radical (unpaired) electrons. The zero-order valence-corrected chi connectivity index (χ0v) is 17.3. The lowest BCUT2D eigenvalue weighted by molar-refractivity contribution is 0.154. The third kappa shape index (κ3) is 4.38. The van der Waals surface area contributed by atoms with E-state index < -0.39 is 6.09 Å². The molecule has 2 aromatic rings. The average molecular weight is 413 g/mol. The third-order valence-electron chi connectivity index (χ3n) is 5.60. The van der Waals surface area contributed by atoms with Crippen molar-refractivity contribution in [2.24, 2.45) is 0 Å². The summed E-state index contributed by atoms with van der Waals surface area (Å²) < 4.78 is 21.0. The Hall–Kier alpha value is -3.13. The molecule has 4 rings (SSSR count). The largest absolute Gasteiger partial charge is 0.497 e. The molecule has 0 aromatic heterocycles. The van der Waals surface area contributed by atoms with Gasteiger partial charge in [0, 0.05) is 38.4 Å². The molecule has 1 atom stereocenters. The first-order valence-corrected chi connectivity index (χ1v) is 10.0. The molecule has 0 unspecified atom stereocenters. The third-order valence-corrected chi connectivity index (χ3v) is 5.60. The van der Waals surface area contributed by atoms with E-state index >= 15 is 0 Å². The lowest BCUT2D eigenvalue weighted by atomic mass is 10.0. The molecule has 160 valence electrons. The topological polar surface area (TPSA) is 72.5 Å². The lowest BCUT2D eigenvalue weighted by Crippen LogP contribution is -2.49. The molecule has 30 heavy (non-hydrogen) atoms. The summed E-state index contributed by atoms with van der Waals surface area (Å²) >= 11 is 0. The molecule has 0 aliphatic carbocycles. The van der Waals surface area contributed by atoms with Gasteiger partial charge < -0.3 is 29.2 Å². The van der Waals surface area contributed by atoms with E-state index in [-0.39, 0.29) is 12.8 Å². The molecule has 8 heteroatoms. The van der Waals surface area contributed by atoms with E-state index in [0.29, 0.717) is 6.54 Å². The highest BCUT2D eigenvalue weighted by atomic mass is 16.7. The van der Waals surface area contributed by atoms with Gasteiger partial charge in [-0.1, -0.05) is 6.07 Å². The molecule has 0 spiro atoms. The van der Waals surface area contributed by atoms with Gasteiger partial charge >= 0.3 is 6.09 Å². The number of fused-ring (bicyclic) bond motifs is 1. The van der Waals surface area contributed by atoms with Crippen LogP contribution in [0.1, 0.15) is 11.6 Å². The van der Waals surface area contributed by atoms with Gasteiger partial charge in [-0.3, -0.25) is 4.90 Å². The van der Waals surface area contributed by atoms with Crippen LogP contribution in [0.2, 0.25) is 0 Å². The van der Waals surface area contributed by atoms with Crippen LogP contribution in [0.15, 0.2) is 42.5 Å². The number of piperazine rings is 1. The molecular weight excluding hydrogens is 386 g/mol. The first kappa shape index (κ1) is 20.2. The van der Waals surface area contributed by atoms with Gasteiger partial charge in [0.15, 0.2) is 11.5 Å². The van der Waals surface area contributed by atoms with Crippen molar-refractivity contribution in [1.29, 1.82) is 0 Å². The van der Waals surface area contributed by atoms with Crippen molar-refractivity contribution in [3.63, 3.8) is 0 Å². The Kier molecular flexibility index (Phi) is 6.13. The Morgan fingerprint density at radius 2 is 1.77 bits per heavy atom. The highest BCUT2D eigenvalue weighted by Crippen LogP contribution is 2.35. The molecule has 1 fully saturated rings. The summed E-state index contributed by atoms with van der Waals surface area (Å²) in [4.78, 5) is 16.4. The average Bonchev–Trinajstić information content (AvgIpc) is 3.27. The molecule has 0 saturated carbocycles. The van der Waals surface area contributed by atoms with E-state index in [0.717, 1.165) is 49.0 Å². The molecular formula is C22H27N3O5. The van der Waals surface area contributed by atoms with Gasteiger partial charge in [-0.2, -0.15) is 0 Å². The Morgan fingerprint density at radius 3 is 2.47 bits per heavy atom. The number of methoxy groups -OCH3 is 2. The summed E-state index contributed by atoms with van der Waals surface area (Å²) in [5.41, 5.74) is 2.26. The minimum atomic E-state index is -0.433. The maximum absolute atomic E-state index is 11.7. The predicted octanol–water partition coefficient (Wildman–Crippen LogP) is 2.64. The molecule has 0 bridgehead atoms. The Morgan fingerprint density at radius 1 is 1.03 bits per heavy atom. The van der Waals surface area contributed by atoms with E-state index in [4.69, 9.17) is 18.9 Å². The highest BCUT2D eigenvalue weighted by molar-refractivity contribution is 5.67. The van der Waals surface area contributed by atoms with Crippen LogP contribution in [0.25, 0.3) is 0 Å². The van der Waals surface area contributed by atoms with Crippen LogP contribution in [0, 0.1) is 0 Å². The number of hydrogen-bond acceptors (Lipinski definition) is 7. The van der Waals surface area contributed by atoms with Gasteiger partial charge in [0.2, 0.25) is 6.79 Å². The van der Waals surface area contributed by atoms with Gasteiger partial charge in [-0.15, -0.1) is 0 Å². The van der Waals surface area contributed by atoms with E-state index in [1.54, 1.807) is 7.11 Å². The van der Waals surface area contributed by atoms with Crippen molar-refractivity contribution in [2.45, 2.75) is 6.04 Å². The van der Waals surface area contributed by atoms with Gasteiger partial charge in [-0.05, 0) is 42.0 Å². The maximum atomic E-state index is 11.7. The summed E-state index contributed by atoms with van der Waals surface area (Å²) in [5, 5.41) is 2.85. The second kappa shape index (κ2) is 9.13. The number of amides is 1. The van der Waals surface area contributed by atoms with Crippen molar-refractivity contribution in [3.8, 4) is 17.2 Å². The van der Waals surface area contributed by atoms with Gasteiger partial charge in [0.05, 0.1) is 20.3 Å². The number of nitrogens with zero attached hydrogens (tertiary/aromatic N) is 2. The number of hydrogen-bond donors (Lipinski definition) is 1. The van der Waals surface area contributed by atoms with E-state index in [2.05, 4.69) is 27.2 Å². The van der Waals surface area contributed by atoms with Crippen LogP contribution < -0.4 is 24.4 Å². The number of carbonyl (C=O) groups is 1. The molecule has 1 amide bonds. The number of nitrogens with one attached hydrogen (secondary N) is 1. The zero-order chi connectivity index (χ0) is 20.9. The van der Waals surface area contributed by atoms with E-state index in [9.17, 15) is 4.79 Å². The standard InChI is InChI=1S/C22H27N3O5/c1-27-18-6-4-17(5-7-18)24-9-11-25(12-10-24)19(14-23-22(26)28-2)16-3-8-20-21(13-16)30-15-29-20/h3-8,13,19H,9-12,14-15H2,1-2H3,(H,23,26)/t19-/m1/s1. The van der Waals surface area contributed by atoms with Crippen LogP contribution in [0.5, 0.6) is 17.2 Å². The Bertz CT molecular complexity index is 866. The summed E-state index contributed by atoms with van der Waals surface area (Å²) in [6, 6.07) is 14.1. The van der Waals surface area contributed by atoms with Gasteiger partial charge in [-0.25, -0.2) is 4.79 Å². The first-order valence-electron chi connectivity index (χ1n) is 10.0. The fourth-order valence-corrected chi connectivity index (χ4v) is 3.92. The summed E-state index contributed by atoms with van der Waals surface area (Å²) in [6.07, 6.45) is -0.433. The second-order valence-electron chi connectivity index (χ2n) is 7.22. The van der Waals surface area contributed by atoms with Crippen molar-refractivity contribution >= 4 is 11.8 Å². The van der Waals surface area contributed by atoms with Crippen molar-refractivity contribution in [3.05, 3.63) is 48.0 Å². The monoisotopic (exact) mass is 413 g/mol. The lowest BCUT2D eigenvalue weighted by Gasteiger charge is -2.40. The molecule has 1 N–H and O–H groups in total. The van der Waals surface area contributed by atoms with Crippen LogP contribution >= 0.6 is 0 Å². The predicted molar refractivity (Wildman–Crippen MR) is 112 cm³/mol. The molecule has 1 saturated heterocycles. The number of anilines is 1. The smallest absolute Gasteiger partial charge is 0.406 e. The fourth-order valence-electron chi connectivity index (χ4n) is 3.92. The van der Waals surface area contributed by atoms with Crippen molar-refractivity contribution in [1.82, 2.24) is 10.2 Å². The Balaban J connectivity index is 1.46. The number of ether oxygens (including phenoxy) is 4. The normalized spacial score (nSPS) is 16.8. The number of alkyl carbamates (subject to hydrolysis) is 1. The van der Waals surface area contributed by atoms with E-state index in [1.807, 2.05) is 30.3 Å².